The molecule has 21 heavy (non-hydrogen) atoms. The second kappa shape index (κ2) is 6.34. The molecule has 0 saturated carbocycles. The van der Waals surface area contributed by atoms with E-state index in [1.54, 1.807) is 18.4 Å². The van der Waals surface area contributed by atoms with E-state index < -0.39 is 11.7 Å². The van der Waals surface area contributed by atoms with Crippen molar-refractivity contribution in [3.8, 4) is 0 Å². The van der Waals surface area contributed by atoms with E-state index in [0.717, 1.165) is 17.0 Å². The fourth-order valence-electron chi connectivity index (χ4n) is 1.92. The number of aromatic nitrogens is 1. The molecule has 0 spiro atoms. The summed E-state index contributed by atoms with van der Waals surface area (Å²) in [7, 11) is 1.56. The molecule has 2 aromatic rings. The Morgan fingerprint density at radius 3 is 2.62 bits per heavy atom. The zero-order chi connectivity index (χ0) is 15.5. The summed E-state index contributed by atoms with van der Waals surface area (Å²) in [5, 5.41) is 4.63. The van der Waals surface area contributed by atoms with Crippen LogP contribution in [0.3, 0.4) is 0 Å². The van der Waals surface area contributed by atoms with Gasteiger partial charge >= 0.3 is 6.18 Å². The Bertz CT molecular complexity index is 582. The fraction of sp³-hybridized carbons (Fsp3) is 0.357. The van der Waals surface area contributed by atoms with Crippen molar-refractivity contribution >= 4 is 23.0 Å². The highest BCUT2D eigenvalue weighted by Crippen LogP contribution is 2.33. The van der Waals surface area contributed by atoms with E-state index >= 15 is 0 Å². The molecule has 0 saturated heterocycles. The molecule has 0 amide bonds. The molecule has 0 bridgehead atoms. The van der Waals surface area contributed by atoms with Gasteiger partial charge < -0.3 is 10.2 Å². The Hall–Kier alpha value is -1.76. The summed E-state index contributed by atoms with van der Waals surface area (Å²) in [6, 6.07) is 5.99. The van der Waals surface area contributed by atoms with Gasteiger partial charge in [0.15, 0.2) is 0 Å². The first-order chi connectivity index (χ1) is 9.94. The average molecular weight is 315 g/mol. The third-order valence-electron chi connectivity index (χ3n) is 3.03. The Morgan fingerprint density at radius 1 is 1.33 bits per heavy atom. The maximum Gasteiger partial charge on any atom is 0.416 e. The topological polar surface area (TPSA) is 28.2 Å². The van der Waals surface area contributed by atoms with Gasteiger partial charge in [-0.1, -0.05) is 6.07 Å². The minimum Gasteiger partial charge on any atom is -0.373 e. The number of anilines is 2. The molecule has 0 atom stereocenters. The van der Waals surface area contributed by atoms with Crippen LogP contribution in [0, 0.1) is 0 Å². The molecule has 7 heteroatoms. The van der Waals surface area contributed by atoms with Crippen molar-refractivity contribution in [3.05, 3.63) is 40.1 Å². The number of halogens is 3. The van der Waals surface area contributed by atoms with Crippen LogP contribution in [0.15, 0.2) is 29.6 Å². The Morgan fingerprint density at radius 2 is 2.10 bits per heavy atom. The van der Waals surface area contributed by atoms with E-state index in [-0.39, 0.29) is 5.82 Å². The van der Waals surface area contributed by atoms with Crippen LogP contribution in [-0.4, -0.2) is 18.6 Å². The molecule has 0 unspecified atom stereocenters. The molecule has 2 aromatic heterocycles. The van der Waals surface area contributed by atoms with Crippen LogP contribution in [0.5, 0.6) is 0 Å². The molecule has 0 radical (unpaired) electrons. The van der Waals surface area contributed by atoms with Gasteiger partial charge in [0.2, 0.25) is 0 Å². The molecule has 1 N–H and O–H groups in total. The highest BCUT2D eigenvalue weighted by atomic mass is 32.1. The number of alkyl halides is 3. The maximum absolute atomic E-state index is 13.0. The van der Waals surface area contributed by atoms with Crippen molar-refractivity contribution in [2.75, 3.05) is 23.8 Å². The number of hydrogen-bond donors (Lipinski definition) is 1. The van der Waals surface area contributed by atoms with Gasteiger partial charge in [-0.15, -0.1) is 11.3 Å². The predicted octanol–water partition coefficient (Wildman–Crippen LogP) is 4.23. The average Bonchev–Trinajstić information content (AvgIpc) is 2.96. The number of nitrogens with one attached hydrogen (secondary N) is 1. The normalized spacial score (nSPS) is 11.5. The van der Waals surface area contributed by atoms with Gasteiger partial charge in [-0.05, 0) is 30.5 Å². The van der Waals surface area contributed by atoms with Crippen molar-refractivity contribution in [2.24, 2.45) is 0 Å². The molecule has 0 aliphatic carbocycles. The van der Waals surface area contributed by atoms with Gasteiger partial charge in [0.05, 0.1) is 12.1 Å². The monoisotopic (exact) mass is 315 g/mol. The molecule has 2 heterocycles. The summed E-state index contributed by atoms with van der Waals surface area (Å²) in [5.74, 6) is 0.537. The van der Waals surface area contributed by atoms with Gasteiger partial charge in [-0.2, -0.15) is 13.2 Å². The van der Waals surface area contributed by atoms with Crippen molar-refractivity contribution in [1.29, 1.82) is 0 Å². The lowest BCUT2D eigenvalue weighted by Crippen LogP contribution is -2.23. The van der Waals surface area contributed by atoms with Gasteiger partial charge in [-0.25, -0.2) is 4.98 Å². The summed E-state index contributed by atoms with van der Waals surface area (Å²) < 4.78 is 38.9. The van der Waals surface area contributed by atoms with Crippen LogP contribution in [0.25, 0.3) is 0 Å². The van der Waals surface area contributed by atoms with Crippen molar-refractivity contribution in [1.82, 2.24) is 4.98 Å². The summed E-state index contributed by atoms with van der Waals surface area (Å²) in [6.07, 6.45) is -4.38. The highest BCUT2D eigenvalue weighted by Gasteiger charge is 2.32. The van der Waals surface area contributed by atoms with E-state index in [1.807, 2.05) is 29.3 Å². The van der Waals surface area contributed by atoms with Crippen LogP contribution in [0.4, 0.5) is 24.8 Å². The second-order valence-corrected chi connectivity index (χ2v) is 5.47. The summed E-state index contributed by atoms with van der Waals surface area (Å²) >= 11 is 1.57. The third-order valence-corrected chi connectivity index (χ3v) is 3.89. The summed E-state index contributed by atoms with van der Waals surface area (Å²) in [5.41, 5.74) is -0.693. The number of thiophene rings is 1. The third kappa shape index (κ3) is 3.87. The lowest BCUT2D eigenvalue weighted by Gasteiger charge is -2.23. The zero-order valence-corrected chi connectivity index (χ0v) is 12.6. The molecule has 2 rings (SSSR count). The number of hydrogen-bond acceptors (Lipinski definition) is 4. The Kier molecular flexibility index (Phi) is 4.72. The minimum absolute atomic E-state index is 0.212. The largest absolute Gasteiger partial charge is 0.416 e. The molecule has 0 aliphatic heterocycles. The van der Waals surface area contributed by atoms with Gasteiger partial charge in [0.1, 0.15) is 11.6 Å². The first-order valence-electron chi connectivity index (χ1n) is 6.48. The lowest BCUT2D eigenvalue weighted by molar-refractivity contribution is -0.137. The molecular weight excluding hydrogens is 299 g/mol. The maximum atomic E-state index is 13.0. The van der Waals surface area contributed by atoms with Crippen LogP contribution < -0.4 is 10.2 Å². The SMILES string of the molecule is CCN(Cc1cccs1)c1cc(C(F)(F)F)cc(NC)n1. The minimum atomic E-state index is -4.38. The van der Waals surface area contributed by atoms with Crippen molar-refractivity contribution in [2.45, 2.75) is 19.6 Å². The van der Waals surface area contributed by atoms with Crippen LogP contribution in [-0.2, 0) is 12.7 Å². The first kappa shape index (κ1) is 15.6. The quantitative estimate of drug-likeness (QED) is 0.895. The van der Waals surface area contributed by atoms with E-state index in [4.69, 9.17) is 0 Å². The first-order valence-corrected chi connectivity index (χ1v) is 7.36. The van der Waals surface area contributed by atoms with Gasteiger partial charge in [0.25, 0.3) is 0 Å². The molecule has 114 valence electrons. The van der Waals surface area contributed by atoms with E-state index in [2.05, 4.69) is 10.3 Å². The molecule has 0 aliphatic rings. The van der Waals surface area contributed by atoms with E-state index in [1.165, 1.54) is 0 Å². The number of rotatable bonds is 5. The highest BCUT2D eigenvalue weighted by molar-refractivity contribution is 7.09. The van der Waals surface area contributed by atoms with Crippen LogP contribution >= 0.6 is 11.3 Å². The molecular formula is C14H16F3N3S. The van der Waals surface area contributed by atoms with Gasteiger partial charge in [-0.3, -0.25) is 0 Å². The van der Waals surface area contributed by atoms with Crippen molar-refractivity contribution in [3.63, 3.8) is 0 Å². The standard InChI is InChI=1S/C14H16F3N3S/c1-3-20(9-11-5-4-6-21-11)13-8-10(14(15,16)17)7-12(18-2)19-13/h4-8H,3,9H2,1-2H3,(H,18,19). The zero-order valence-electron chi connectivity index (χ0n) is 11.7. The number of pyridine rings is 1. The fourth-order valence-corrected chi connectivity index (χ4v) is 2.63. The van der Waals surface area contributed by atoms with Crippen LogP contribution in [0.2, 0.25) is 0 Å². The lowest BCUT2D eigenvalue weighted by atomic mass is 10.2. The van der Waals surface area contributed by atoms with Gasteiger partial charge in [0, 0.05) is 18.5 Å². The molecule has 3 nitrogen and oxygen atoms in total. The smallest absolute Gasteiger partial charge is 0.373 e. The molecule has 0 fully saturated rings. The summed E-state index contributed by atoms with van der Waals surface area (Å²) in [6.45, 7) is 3.02. The number of nitrogens with zero attached hydrogens (tertiary/aromatic N) is 2. The van der Waals surface area contributed by atoms with Crippen LogP contribution in [0.1, 0.15) is 17.4 Å². The van der Waals surface area contributed by atoms with Crippen molar-refractivity contribution < 1.29 is 13.2 Å². The Balaban J connectivity index is 2.35. The van der Waals surface area contributed by atoms with E-state index in [0.29, 0.717) is 18.9 Å². The summed E-state index contributed by atoms with van der Waals surface area (Å²) in [4.78, 5) is 7.14. The molecule has 0 aromatic carbocycles. The predicted molar refractivity (Wildman–Crippen MR) is 79.8 cm³/mol. The second-order valence-electron chi connectivity index (χ2n) is 4.44. The Labute approximate surface area is 125 Å². The van der Waals surface area contributed by atoms with E-state index in [9.17, 15) is 13.2 Å².